The summed E-state index contributed by atoms with van der Waals surface area (Å²) < 4.78 is 5.35. The van der Waals surface area contributed by atoms with E-state index in [-0.39, 0.29) is 41.9 Å². The zero-order chi connectivity index (χ0) is 38.4. The van der Waals surface area contributed by atoms with Crippen molar-refractivity contribution < 1.29 is 28.7 Å². The molecule has 2 aliphatic rings. The number of alkyl carbamates (subject to hydrolysis) is 1. The number of nitrogens with one attached hydrogen (secondary N) is 6. The number of amides is 5. The molecular weight excluding hydrogens is 686 g/mol. The summed E-state index contributed by atoms with van der Waals surface area (Å²) in [4.78, 5) is 64.3. The summed E-state index contributed by atoms with van der Waals surface area (Å²) in [7, 11) is 0. The Bertz CT molecular complexity index is 2010. The fourth-order valence-corrected chi connectivity index (χ4v) is 7.07. The normalized spacial score (nSPS) is 19.0. The molecule has 1 saturated heterocycles. The maximum Gasteiger partial charge on any atom is 0.407 e. The van der Waals surface area contributed by atoms with Crippen molar-refractivity contribution in [3.63, 3.8) is 0 Å². The van der Waals surface area contributed by atoms with Crippen LogP contribution in [0.3, 0.4) is 0 Å². The summed E-state index contributed by atoms with van der Waals surface area (Å²) >= 11 is 0. The van der Waals surface area contributed by atoms with Gasteiger partial charge in [0, 0.05) is 42.1 Å². The van der Waals surface area contributed by atoms with Crippen molar-refractivity contribution >= 4 is 46.3 Å². The van der Waals surface area contributed by atoms with Gasteiger partial charge in [0.2, 0.25) is 17.7 Å². The molecule has 1 saturated carbocycles. The molecule has 2 fully saturated rings. The van der Waals surface area contributed by atoms with E-state index >= 15 is 0 Å². The number of rotatable bonds is 11. The van der Waals surface area contributed by atoms with E-state index in [1.165, 1.54) is 0 Å². The number of ether oxygens (including phenoxy) is 1. The van der Waals surface area contributed by atoms with Crippen molar-refractivity contribution in [1.29, 1.82) is 0 Å². The van der Waals surface area contributed by atoms with Crippen molar-refractivity contribution in [2.24, 2.45) is 11.8 Å². The van der Waals surface area contributed by atoms with Gasteiger partial charge in [0.15, 0.2) is 0 Å². The monoisotopic (exact) mass is 735 g/mol. The highest BCUT2D eigenvalue weighted by molar-refractivity contribution is 6.00. The number of carbonyl (C=O) groups is 5. The summed E-state index contributed by atoms with van der Waals surface area (Å²) in [6, 6.07) is 17.4. The van der Waals surface area contributed by atoms with Gasteiger partial charge < -0.3 is 31.3 Å². The Hall–Kier alpha value is -5.72. The number of fused-ring (bicyclic) bond motifs is 1. The van der Waals surface area contributed by atoms with E-state index in [4.69, 9.17) is 4.74 Å². The predicted octanol–water partition coefficient (Wildman–Crippen LogP) is 5.15. The summed E-state index contributed by atoms with van der Waals surface area (Å²) in [5, 5.41) is 22.3. The number of aryl methyl sites for hydroxylation is 1. The molecule has 4 aromatic rings. The lowest BCUT2D eigenvalue weighted by Crippen LogP contribution is -2.48. The zero-order valence-corrected chi connectivity index (χ0v) is 31.2. The lowest BCUT2D eigenvalue weighted by atomic mass is 9.81. The van der Waals surface area contributed by atoms with E-state index < -0.39 is 23.8 Å². The number of benzene rings is 3. The average molecular weight is 736 g/mol. The van der Waals surface area contributed by atoms with Gasteiger partial charge in [-0.15, -0.1) is 0 Å². The maximum absolute atomic E-state index is 13.8. The van der Waals surface area contributed by atoms with Crippen LogP contribution >= 0.6 is 0 Å². The van der Waals surface area contributed by atoms with Gasteiger partial charge in [0.05, 0.1) is 11.7 Å². The first kappa shape index (κ1) is 38.0. The van der Waals surface area contributed by atoms with Gasteiger partial charge in [-0.3, -0.25) is 24.3 Å². The Kier molecular flexibility index (Phi) is 11.6. The molecule has 0 unspecified atom stereocenters. The zero-order valence-electron chi connectivity index (χ0n) is 31.2. The van der Waals surface area contributed by atoms with Gasteiger partial charge in [-0.25, -0.2) is 4.79 Å². The summed E-state index contributed by atoms with van der Waals surface area (Å²) in [6.07, 6.45) is 4.97. The van der Waals surface area contributed by atoms with Crippen LogP contribution in [0.2, 0.25) is 0 Å². The van der Waals surface area contributed by atoms with Gasteiger partial charge in [-0.2, -0.15) is 5.10 Å². The maximum atomic E-state index is 13.8. The smallest absolute Gasteiger partial charge is 0.407 e. The average Bonchev–Trinajstić information content (AvgIpc) is 3.78. The van der Waals surface area contributed by atoms with Crippen LogP contribution in [-0.2, 0) is 25.5 Å². The Morgan fingerprint density at radius 1 is 0.944 bits per heavy atom. The molecule has 2 heterocycles. The van der Waals surface area contributed by atoms with Gasteiger partial charge in [0.1, 0.15) is 17.7 Å². The van der Waals surface area contributed by atoms with E-state index in [1.807, 2.05) is 76.2 Å². The summed E-state index contributed by atoms with van der Waals surface area (Å²) in [6.45, 7) is 8.45. The molecule has 0 spiro atoms. The number of anilines is 1. The minimum Gasteiger partial charge on any atom is -0.444 e. The second-order valence-corrected chi connectivity index (χ2v) is 15.4. The Balaban J connectivity index is 1.10. The molecule has 13 heteroatoms. The summed E-state index contributed by atoms with van der Waals surface area (Å²) in [5.74, 6) is -0.954. The topological polar surface area (TPSA) is 183 Å². The van der Waals surface area contributed by atoms with Crippen LogP contribution in [0.4, 0.5) is 10.5 Å². The Morgan fingerprint density at radius 2 is 1.70 bits per heavy atom. The van der Waals surface area contributed by atoms with Crippen LogP contribution in [0.25, 0.3) is 22.0 Å². The van der Waals surface area contributed by atoms with Crippen LogP contribution < -0.4 is 26.6 Å². The number of aromatic nitrogens is 2. The Morgan fingerprint density at radius 3 is 2.39 bits per heavy atom. The molecule has 3 aromatic carbocycles. The number of H-pyrrole nitrogens is 1. The second-order valence-electron chi connectivity index (χ2n) is 15.4. The SMILES string of the molecule is Cc1cc(C(=O)N[C@@H]2CCNC2=O)ccc1-c1ccc(C[C@H](NC(=O)[C@H]2CC[C@H](CNC(=O)OC(C)(C)C)CC2)C(=O)Nc2ccc3cn[nH]c3c2)cc1. The number of nitrogens with zero attached hydrogens (tertiary/aromatic N) is 1. The molecule has 1 aromatic heterocycles. The second kappa shape index (κ2) is 16.5. The standard InChI is InChI=1S/C41H49N7O6/c1-24-19-29(37(50)46-33-17-18-42-38(33)51)14-16-32(24)27-9-5-25(6-10-27)20-35(39(52)45-31-15-13-30-23-44-48-34(30)21-31)47-36(49)28-11-7-26(8-12-28)22-43-40(53)54-41(2,3)4/h5-6,9-10,13-16,19,21,23,26,28,33,35H,7-8,11-12,17-18,20,22H2,1-4H3,(H,42,51)(H,43,53)(H,44,48)(H,45,52)(H,46,50)(H,47,49)/t26-,28-,33-,35+/m1/s1. The molecule has 284 valence electrons. The minimum atomic E-state index is -0.839. The molecule has 0 radical (unpaired) electrons. The van der Waals surface area contributed by atoms with Gasteiger partial charge >= 0.3 is 6.09 Å². The van der Waals surface area contributed by atoms with E-state index in [2.05, 4.69) is 36.8 Å². The van der Waals surface area contributed by atoms with Crippen LogP contribution in [0.5, 0.6) is 0 Å². The molecule has 5 amide bonds. The number of aromatic amines is 1. The molecule has 54 heavy (non-hydrogen) atoms. The number of hydrogen-bond donors (Lipinski definition) is 6. The molecule has 13 nitrogen and oxygen atoms in total. The molecule has 6 N–H and O–H groups in total. The quantitative estimate of drug-likeness (QED) is 0.123. The largest absolute Gasteiger partial charge is 0.444 e. The number of hydrogen-bond acceptors (Lipinski definition) is 7. The van der Waals surface area contributed by atoms with Gasteiger partial charge in [-0.1, -0.05) is 30.3 Å². The van der Waals surface area contributed by atoms with Crippen molar-refractivity contribution in [2.45, 2.75) is 83.9 Å². The first-order chi connectivity index (χ1) is 25.8. The summed E-state index contributed by atoms with van der Waals surface area (Å²) in [5.41, 5.74) is 4.94. The van der Waals surface area contributed by atoms with Crippen LogP contribution in [-0.4, -0.2) is 70.7 Å². The third kappa shape index (κ3) is 9.82. The van der Waals surface area contributed by atoms with Crippen molar-refractivity contribution in [3.05, 3.63) is 83.6 Å². The minimum absolute atomic E-state index is 0.164. The van der Waals surface area contributed by atoms with E-state index in [0.29, 0.717) is 43.6 Å². The first-order valence-electron chi connectivity index (χ1n) is 18.6. The van der Waals surface area contributed by atoms with Gasteiger partial charge in [-0.05, 0) is 118 Å². The highest BCUT2D eigenvalue weighted by Crippen LogP contribution is 2.30. The van der Waals surface area contributed by atoms with Crippen LogP contribution in [0.15, 0.2) is 66.9 Å². The van der Waals surface area contributed by atoms with E-state index in [9.17, 15) is 24.0 Å². The fraction of sp³-hybridized carbons (Fsp3) is 0.415. The number of carbonyl (C=O) groups excluding carboxylic acids is 5. The van der Waals surface area contributed by atoms with E-state index in [1.54, 1.807) is 18.3 Å². The molecule has 1 aliphatic heterocycles. The fourth-order valence-electron chi connectivity index (χ4n) is 7.07. The predicted molar refractivity (Wildman–Crippen MR) is 206 cm³/mol. The molecule has 1 aliphatic carbocycles. The molecule has 2 atom stereocenters. The lowest BCUT2D eigenvalue weighted by Gasteiger charge is -2.29. The molecular formula is C41H49N7O6. The van der Waals surface area contributed by atoms with Gasteiger partial charge in [0.25, 0.3) is 5.91 Å². The van der Waals surface area contributed by atoms with Crippen LogP contribution in [0, 0.1) is 18.8 Å². The molecule has 0 bridgehead atoms. The van der Waals surface area contributed by atoms with Crippen LogP contribution in [0.1, 0.15) is 74.4 Å². The Labute approximate surface area is 314 Å². The lowest BCUT2D eigenvalue weighted by molar-refractivity contribution is -0.130. The van der Waals surface area contributed by atoms with Crippen molar-refractivity contribution in [1.82, 2.24) is 31.5 Å². The highest BCUT2D eigenvalue weighted by atomic mass is 16.6. The van der Waals surface area contributed by atoms with E-state index in [0.717, 1.165) is 46.0 Å². The van der Waals surface area contributed by atoms with Crippen molar-refractivity contribution in [2.75, 3.05) is 18.4 Å². The third-order valence-electron chi connectivity index (χ3n) is 10.0. The highest BCUT2D eigenvalue weighted by Gasteiger charge is 2.31. The first-order valence-corrected chi connectivity index (χ1v) is 18.6. The van der Waals surface area contributed by atoms with Crippen molar-refractivity contribution in [3.8, 4) is 11.1 Å². The third-order valence-corrected chi connectivity index (χ3v) is 10.0. The molecule has 6 rings (SSSR count).